The first-order valence-corrected chi connectivity index (χ1v) is 9.82. The predicted molar refractivity (Wildman–Crippen MR) is 110 cm³/mol. The van der Waals surface area contributed by atoms with E-state index < -0.39 is 0 Å². The fourth-order valence-corrected chi connectivity index (χ4v) is 3.85. The van der Waals surface area contributed by atoms with Crippen LogP contribution in [0.5, 0.6) is 0 Å². The smallest absolute Gasteiger partial charge is 0.223 e. The number of nitrogens with one attached hydrogen (secondary N) is 1. The van der Waals surface area contributed by atoms with Gasteiger partial charge in [-0.3, -0.25) is 14.6 Å². The summed E-state index contributed by atoms with van der Waals surface area (Å²) in [5.41, 5.74) is 5.26. The molecule has 0 bridgehead atoms. The van der Waals surface area contributed by atoms with Gasteiger partial charge in [0.1, 0.15) is 0 Å². The lowest BCUT2D eigenvalue weighted by atomic mass is 10.0. The summed E-state index contributed by atoms with van der Waals surface area (Å²) in [7, 11) is 1.96. The van der Waals surface area contributed by atoms with Gasteiger partial charge in [0.15, 0.2) is 0 Å². The molecule has 1 N–H and O–H groups in total. The highest BCUT2D eigenvalue weighted by atomic mass is 15.3. The zero-order chi connectivity index (χ0) is 19.5. The van der Waals surface area contributed by atoms with Crippen LogP contribution in [0.3, 0.4) is 0 Å². The van der Waals surface area contributed by atoms with E-state index in [-0.39, 0.29) is 0 Å². The summed E-state index contributed by atoms with van der Waals surface area (Å²) in [6.07, 6.45) is 5.84. The largest absolute Gasteiger partial charge is 0.351 e. The van der Waals surface area contributed by atoms with Crippen molar-refractivity contribution < 1.29 is 0 Å². The fourth-order valence-electron chi connectivity index (χ4n) is 3.85. The Labute approximate surface area is 165 Å². The van der Waals surface area contributed by atoms with E-state index in [2.05, 4.69) is 38.3 Å². The number of anilines is 1. The van der Waals surface area contributed by atoms with E-state index in [1.807, 2.05) is 49.2 Å². The van der Waals surface area contributed by atoms with Crippen LogP contribution in [-0.2, 0) is 13.6 Å². The highest BCUT2D eigenvalue weighted by Gasteiger charge is 2.21. The lowest BCUT2D eigenvalue weighted by Crippen LogP contribution is -2.39. The molecule has 1 saturated heterocycles. The molecule has 0 radical (unpaired) electrons. The zero-order valence-corrected chi connectivity index (χ0v) is 16.8. The van der Waals surface area contributed by atoms with Gasteiger partial charge in [0.2, 0.25) is 5.95 Å². The quantitative estimate of drug-likeness (QED) is 0.737. The molecule has 28 heavy (non-hydrogen) atoms. The summed E-state index contributed by atoms with van der Waals surface area (Å²) in [5, 5.41) is 8.03. The SMILES string of the molecule is Cc1nn(C)c(C)c1-c1ccnc(NC2CCN(Cc3ccccn3)CC2)n1. The number of likely N-dealkylation sites (tertiary alicyclic amines) is 1. The molecule has 0 spiro atoms. The van der Waals surface area contributed by atoms with Gasteiger partial charge in [-0.25, -0.2) is 9.97 Å². The third-order valence-corrected chi connectivity index (χ3v) is 5.45. The van der Waals surface area contributed by atoms with E-state index >= 15 is 0 Å². The molecular formula is C21H27N7. The Hall–Kier alpha value is -2.80. The summed E-state index contributed by atoms with van der Waals surface area (Å²) >= 11 is 0. The van der Waals surface area contributed by atoms with Crippen LogP contribution in [0.1, 0.15) is 29.9 Å². The summed E-state index contributed by atoms with van der Waals surface area (Å²) in [6.45, 7) is 7.11. The van der Waals surface area contributed by atoms with Crippen molar-refractivity contribution >= 4 is 5.95 Å². The van der Waals surface area contributed by atoms with E-state index in [1.165, 1.54) is 0 Å². The minimum atomic E-state index is 0.395. The van der Waals surface area contributed by atoms with Crippen LogP contribution in [-0.4, -0.2) is 48.8 Å². The average molecular weight is 377 g/mol. The van der Waals surface area contributed by atoms with Crippen molar-refractivity contribution in [2.75, 3.05) is 18.4 Å². The molecule has 7 heteroatoms. The van der Waals surface area contributed by atoms with E-state index in [1.54, 1.807) is 0 Å². The standard InChI is InChI=1S/C21H27N7/c1-15-20(16(2)27(3)26-15)19-7-11-23-21(25-19)24-17-8-12-28(13-9-17)14-18-6-4-5-10-22-18/h4-7,10-11,17H,8-9,12-14H2,1-3H3,(H,23,24,25). The molecule has 4 rings (SSSR count). The zero-order valence-electron chi connectivity index (χ0n) is 16.8. The van der Waals surface area contributed by atoms with Crippen molar-refractivity contribution in [3.63, 3.8) is 0 Å². The maximum absolute atomic E-state index is 4.76. The van der Waals surface area contributed by atoms with Crippen molar-refractivity contribution in [1.29, 1.82) is 0 Å². The Bertz CT molecular complexity index is 927. The van der Waals surface area contributed by atoms with Crippen molar-refractivity contribution in [3.8, 4) is 11.3 Å². The lowest BCUT2D eigenvalue weighted by molar-refractivity contribution is 0.209. The first-order chi connectivity index (χ1) is 13.6. The fraction of sp³-hybridized carbons (Fsp3) is 0.429. The van der Waals surface area contributed by atoms with Crippen molar-refractivity contribution in [3.05, 3.63) is 53.7 Å². The van der Waals surface area contributed by atoms with Crippen LogP contribution in [0, 0.1) is 13.8 Å². The number of pyridine rings is 1. The molecule has 3 aromatic rings. The molecule has 1 aliphatic heterocycles. The topological polar surface area (TPSA) is 71.8 Å². The predicted octanol–water partition coefficient (Wildman–Crippen LogP) is 2.97. The maximum Gasteiger partial charge on any atom is 0.223 e. The number of rotatable bonds is 5. The number of aromatic nitrogens is 5. The van der Waals surface area contributed by atoms with Gasteiger partial charge in [-0.1, -0.05) is 6.07 Å². The van der Waals surface area contributed by atoms with Crippen LogP contribution >= 0.6 is 0 Å². The summed E-state index contributed by atoms with van der Waals surface area (Å²) < 4.78 is 1.90. The molecule has 0 saturated carbocycles. The first kappa shape index (κ1) is 18.6. The molecule has 0 aromatic carbocycles. The van der Waals surface area contributed by atoms with Crippen molar-refractivity contribution in [2.45, 2.75) is 39.3 Å². The van der Waals surface area contributed by atoms with Crippen LogP contribution in [0.4, 0.5) is 5.95 Å². The molecule has 0 amide bonds. The number of hydrogen-bond acceptors (Lipinski definition) is 6. The maximum atomic E-state index is 4.76. The number of hydrogen-bond donors (Lipinski definition) is 1. The van der Waals surface area contributed by atoms with E-state index in [0.717, 1.165) is 60.8 Å². The van der Waals surface area contributed by atoms with Gasteiger partial charge in [0.25, 0.3) is 0 Å². The van der Waals surface area contributed by atoms with E-state index in [4.69, 9.17) is 4.98 Å². The minimum absolute atomic E-state index is 0.395. The van der Waals surface area contributed by atoms with Crippen molar-refractivity contribution in [2.24, 2.45) is 7.05 Å². The van der Waals surface area contributed by atoms with Crippen LogP contribution < -0.4 is 5.32 Å². The van der Waals surface area contributed by atoms with Gasteiger partial charge >= 0.3 is 0 Å². The average Bonchev–Trinajstić information content (AvgIpc) is 2.96. The molecular weight excluding hydrogens is 350 g/mol. The molecule has 1 fully saturated rings. The number of aryl methyl sites for hydroxylation is 2. The molecule has 0 aliphatic carbocycles. The Kier molecular flexibility index (Phi) is 5.34. The van der Waals surface area contributed by atoms with Gasteiger partial charge in [-0.05, 0) is 44.9 Å². The van der Waals surface area contributed by atoms with Gasteiger partial charge in [-0.2, -0.15) is 5.10 Å². The molecule has 1 aliphatic rings. The molecule has 0 atom stereocenters. The molecule has 0 unspecified atom stereocenters. The third-order valence-electron chi connectivity index (χ3n) is 5.45. The number of piperidine rings is 1. The summed E-state index contributed by atoms with van der Waals surface area (Å²) in [6, 6.07) is 8.45. The van der Waals surface area contributed by atoms with Gasteiger partial charge in [-0.15, -0.1) is 0 Å². The summed E-state index contributed by atoms with van der Waals surface area (Å²) in [5.74, 6) is 0.698. The van der Waals surface area contributed by atoms with Crippen molar-refractivity contribution in [1.82, 2.24) is 29.6 Å². The first-order valence-electron chi connectivity index (χ1n) is 9.82. The normalized spacial score (nSPS) is 15.7. The van der Waals surface area contributed by atoms with Gasteiger partial charge in [0, 0.05) is 56.4 Å². The second kappa shape index (κ2) is 8.06. The van der Waals surface area contributed by atoms with E-state index in [9.17, 15) is 0 Å². The second-order valence-electron chi connectivity index (χ2n) is 7.45. The Morgan fingerprint density at radius 1 is 1.07 bits per heavy atom. The Morgan fingerprint density at radius 3 is 2.57 bits per heavy atom. The van der Waals surface area contributed by atoms with Crippen LogP contribution in [0.25, 0.3) is 11.3 Å². The van der Waals surface area contributed by atoms with E-state index in [0.29, 0.717) is 12.0 Å². The highest BCUT2D eigenvalue weighted by Crippen LogP contribution is 2.25. The lowest BCUT2D eigenvalue weighted by Gasteiger charge is -2.32. The monoisotopic (exact) mass is 377 g/mol. The van der Waals surface area contributed by atoms with Gasteiger partial charge < -0.3 is 5.32 Å². The molecule has 3 aromatic heterocycles. The highest BCUT2D eigenvalue weighted by molar-refractivity contribution is 5.65. The molecule has 4 heterocycles. The molecule has 146 valence electrons. The Morgan fingerprint density at radius 2 is 1.89 bits per heavy atom. The Balaban J connectivity index is 1.38. The molecule has 7 nitrogen and oxygen atoms in total. The second-order valence-corrected chi connectivity index (χ2v) is 7.45. The van der Waals surface area contributed by atoms with Crippen LogP contribution in [0.15, 0.2) is 36.7 Å². The number of nitrogens with zero attached hydrogens (tertiary/aromatic N) is 6. The minimum Gasteiger partial charge on any atom is -0.351 e. The van der Waals surface area contributed by atoms with Crippen LogP contribution in [0.2, 0.25) is 0 Å². The third kappa shape index (κ3) is 4.04. The van der Waals surface area contributed by atoms with Gasteiger partial charge in [0.05, 0.1) is 17.1 Å². The summed E-state index contributed by atoms with van der Waals surface area (Å²) in [4.78, 5) is 16.1.